The number of nitrogens with zero attached hydrogens (tertiary/aromatic N) is 2. The molecule has 0 aromatic carbocycles. The van der Waals surface area contributed by atoms with Gasteiger partial charge in [-0.2, -0.15) is 5.10 Å². The van der Waals surface area contributed by atoms with E-state index in [4.69, 9.17) is 4.74 Å². The van der Waals surface area contributed by atoms with Crippen molar-refractivity contribution in [3.05, 3.63) is 16.4 Å². The second kappa shape index (κ2) is 5.84. The molecule has 1 saturated heterocycles. The highest BCUT2D eigenvalue weighted by molar-refractivity contribution is 9.10. The Labute approximate surface area is 115 Å². The Balaban J connectivity index is 2.04. The van der Waals surface area contributed by atoms with Crippen LogP contribution < -0.4 is 5.32 Å². The van der Waals surface area contributed by atoms with Gasteiger partial charge in [0.1, 0.15) is 5.69 Å². The number of amides is 1. The highest BCUT2D eigenvalue weighted by Crippen LogP contribution is 2.18. The number of carbonyl (C=O) groups excluding carboxylic acids is 1. The quantitative estimate of drug-likeness (QED) is 0.924. The Kier molecular flexibility index (Phi) is 4.40. The van der Waals surface area contributed by atoms with Crippen molar-refractivity contribution in [1.82, 2.24) is 15.1 Å². The maximum absolute atomic E-state index is 12.2. The molecule has 5 nitrogen and oxygen atoms in total. The van der Waals surface area contributed by atoms with Crippen LogP contribution in [-0.2, 0) is 11.3 Å². The lowest BCUT2D eigenvalue weighted by atomic mass is 10.1. The molecule has 6 heteroatoms. The van der Waals surface area contributed by atoms with Gasteiger partial charge in [-0.1, -0.05) is 0 Å². The highest BCUT2D eigenvalue weighted by Gasteiger charge is 2.25. The Hall–Kier alpha value is -0.880. The molecule has 2 heterocycles. The van der Waals surface area contributed by atoms with Gasteiger partial charge in [0, 0.05) is 13.2 Å². The molecule has 1 aliphatic rings. The van der Waals surface area contributed by atoms with Gasteiger partial charge >= 0.3 is 0 Å². The first-order valence-electron chi connectivity index (χ1n) is 6.27. The van der Waals surface area contributed by atoms with Crippen LogP contribution in [0.15, 0.2) is 10.7 Å². The summed E-state index contributed by atoms with van der Waals surface area (Å²) < 4.78 is 7.98. The number of halogens is 1. The van der Waals surface area contributed by atoms with E-state index in [0.717, 1.165) is 23.9 Å². The van der Waals surface area contributed by atoms with Gasteiger partial charge in [0.25, 0.3) is 5.91 Å². The summed E-state index contributed by atoms with van der Waals surface area (Å²) in [6.45, 7) is 5.40. The normalized spacial score (nSPS) is 20.9. The van der Waals surface area contributed by atoms with Gasteiger partial charge in [-0.3, -0.25) is 9.48 Å². The fourth-order valence-electron chi connectivity index (χ4n) is 2.19. The minimum Gasteiger partial charge on any atom is -0.376 e. The maximum Gasteiger partial charge on any atom is 0.271 e. The molecule has 2 atom stereocenters. The standard InChI is InChI=1S/C12H18BrN3O2/c1-3-16-11(9(13)7-14-16)12(17)15-8(2)10-5-4-6-18-10/h7-8,10H,3-6H2,1-2H3,(H,15,17)/t8-,10+/m0/s1. The third kappa shape index (κ3) is 2.75. The number of hydrogen-bond acceptors (Lipinski definition) is 3. The molecule has 0 spiro atoms. The van der Waals surface area contributed by atoms with Gasteiger partial charge in [0.05, 0.1) is 22.8 Å². The van der Waals surface area contributed by atoms with Crippen LogP contribution in [0.4, 0.5) is 0 Å². The van der Waals surface area contributed by atoms with Crippen LogP contribution in [-0.4, -0.2) is 34.4 Å². The van der Waals surface area contributed by atoms with E-state index < -0.39 is 0 Å². The molecule has 1 N–H and O–H groups in total. The lowest BCUT2D eigenvalue weighted by Crippen LogP contribution is -2.41. The zero-order valence-electron chi connectivity index (χ0n) is 10.6. The van der Waals surface area contributed by atoms with E-state index in [1.807, 2.05) is 13.8 Å². The predicted octanol–water partition coefficient (Wildman–Crippen LogP) is 1.96. The Morgan fingerprint density at radius 2 is 2.56 bits per heavy atom. The lowest BCUT2D eigenvalue weighted by molar-refractivity contribution is 0.0706. The molecule has 18 heavy (non-hydrogen) atoms. The van der Waals surface area contributed by atoms with Crippen LogP contribution in [0.5, 0.6) is 0 Å². The number of aromatic nitrogens is 2. The van der Waals surface area contributed by atoms with Crippen LogP contribution in [0.2, 0.25) is 0 Å². The van der Waals surface area contributed by atoms with Crippen LogP contribution in [0.1, 0.15) is 37.2 Å². The van der Waals surface area contributed by atoms with Gasteiger partial charge < -0.3 is 10.1 Å². The number of carbonyl (C=O) groups is 1. The van der Waals surface area contributed by atoms with Gasteiger partial charge in [0.2, 0.25) is 0 Å². The molecule has 0 unspecified atom stereocenters. The molecule has 100 valence electrons. The highest BCUT2D eigenvalue weighted by atomic mass is 79.9. The van der Waals surface area contributed by atoms with E-state index in [9.17, 15) is 4.79 Å². The zero-order valence-corrected chi connectivity index (χ0v) is 12.2. The predicted molar refractivity (Wildman–Crippen MR) is 71.5 cm³/mol. The van der Waals surface area contributed by atoms with Crippen LogP contribution in [0.3, 0.4) is 0 Å². The Bertz CT molecular complexity index is 427. The molecule has 0 radical (unpaired) electrons. The monoisotopic (exact) mass is 315 g/mol. The van der Waals surface area contributed by atoms with Gasteiger partial charge in [0.15, 0.2) is 0 Å². The van der Waals surface area contributed by atoms with Gasteiger partial charge in [-0.15, -0.1) is 0 Å². The minimum absolute atomic E-state index is 0.0205. The third-order valence-corrected chi connectivity index (χ3v) is 3.77. The summed E-state index contributed by atoms with van der Waals surface area (Å²) in [6, 6.07) is 0.0205. The molecule has 0 bridgehead atoms. The van der Waals surface area contributed by atoms with E-state index in [-0.39, 0.29) is 18.1 Å². The topological polar surface area (TPSA) is 56.2 Å². The first kappa shape index (κ1) is 13.5. The van der Waals surface area contributed by atoms with Crippen molar-refractivity contribution < 1.29 is 9.53 Å². The molecule has 1 fully saturated rings. The lowest BCUT2D eigenvalue weighted by Gasteiger charge is -2.20. The van der Waals surface area contributed by atoms with Crippen molar-refractivity contribution in [1.29, 1.82) is 0 Å². The maximum atomic E-state index is 12.2. The summed E-state index contributed by atoms with van der Waals surface area (Å²) in [5.74, 6) is -0.107. The van der Waals surface area contributed by atoms with Crippen molar-refractivity contribution in [2.24, 2.45) is 0 Å². The summed E-state index contributed by atoms with van der Waals surface area (Å²) in [5.41, 5.74) is 0.572. The number of nitrogens with one attached hydrogen (secondary N) is 1. The second-order valence-electron chi connectivity index (χ2n) is 4.47. The van der Waals surface area contributed by atoms with E-state index in [2.05, 4.69) is 26.3 Å². The fraction of sp³-hybridized carbons (Fsp3) is 0.667. The van der Waals surface area contributed by atoms with Crippen LogP contribution >= 0.6 is 15.9 Å². The number of ether oxygens (including phenoxy) is 1. The van der Waals surface area contributed by atoms with Crippen molar-refractivity contribution in [2.45, 2.75) is 45.4 Å². The largest absolute Gasteiger partial charge is 0.376 e. The molecular weight excluding hydrogens is 298 g/mol. The summed E-state index contributed by atoms with van der Waals surface area (Å²) >= 11 is 3.36. The second-order valence-corrected chi connectivity index (χ2v) is 5.32. The summed E-state index contributed by atoms with van der Waals surface area (Å²) in [7, 11) is 0. The first-order chi connectivity index (χ1) is 8.63. The van der Waals surface area contributed by atoms with Crippen molar-refractivity contribution in [3.8, 4) is 0 Å². The Morgan fingerprint density at radius 3 is 3.17 bits per heavy atom. The van der Waals surface area contributed by atoms with Gasteiger partial charge in [-0.25, -0.2) is 0 Å². The Morgan fingerprint density at radius 1 is 1.78 bits per heavy atom. The summed E-state index contributed by atoms with van der Waals surface area (Å²) in [4.78, 5) is 12.2. The number of aryl methyl sites for hydroxylation is 1. The smallest absolute Gasteiger partial charge is 0.271 e. The molecule has 1 aliphatic heterocycles. The van der Waals surface area contributed by atoms with Gasteiger partial charge in [-0.05, 0) is 42.6 Å². The van der Waals surface area contributed by atoms with E-state index in [1.165, 1.54) is 0 Å². The number of rotatable bonds is 4. The van der Waals surface area contributed by atoms with E-state index >= 15 is 0 Å². The molecule has 1 amide bonds. The first-order valence-corrected chi connectivity index (χ1v) is 7.06. The fourth-order valence-corrected chi connectivity index (χ4v) is 2.67. The van der Waals surface area contributed by atoms with Crippen molar-refractivity contribution in [2.75, 3.05) is 6.61 Å². The molecule has 1 aromatic rings. The molecule has 2 rings (SSSR count). The van der Waals surface area contributed by atoms with Crippen molar-refractivity contribution >= 4 is 21.8 Å². The zero-order chi connectivity index (χ0) is 13.1. The third-order valence-electron chi connectivity index (χ3n) is 3.19. The van der Waals surface area contributed by atoms with E-state index in [1.54, 1.807) is 10.9 Å². The van der Waals surface area contributed by atoms with Crippen molar-refractivity contribution in [3.63, 3.8) is 0 Å². The summed E-state index contributed by atoms with van der Waals surface area (Å²) in [6.07, 6.45) is 3.86. The molecule has 0 aliphatic carbocycles. The average molecular weight is 316 g/mol. The molecule has 0 saturated carbocycles. The van der Waals surface area contributed by atoms with Crippen LogP contribution in [0.25, 0.3) is 0 Å². The van der Waals surface area contributed by atoms with Crippen LogP contribution in [0, 0.1) is 0 Å². The average Bonchev–Trinajstić information content (AvgIpc) is 2.97. The minimum atomic E-state index is -0.107. The number of hydrogen-bond donors (Lipinski definition) is 1. The summed E-state index contributed by atoms with van der Waals surface area (Å²) in [5, 5.41) is 7.12. The SMILES string of the molecule is CCn1ncc(Br)c1C(=O)N[C@@H](C)[C@H]1CCCO1. The molecular formula is C12H18BrN3O2. The van der Waals surface area contributed by atoms with E-state index in [0.29, 0.717) is 12.2 Å². The molecule has 1 aromatic heterocycles.